The van der Waals surface area contributed by atoms with E-state index in [1.54, 1.807) is 50.4 Å². The third kappa shape index (κ3) is 6.56. The summed E-state index contributed by atoms with van der Waals surface area (Å²) in [7, 11) is -4.65. The summed E-state index contributed by atoms with van der Waals surface area (Å²) in [6.07, 6.45) is 3.05. The van der Waals surface area contributed by atoms with Crippen LogP contribution in [-0.4, -0.2) is 23.6 Å². The van der Waals surface area contributed by atoms with E-state index in [9.17, 15) is 19.0 Å². The minimum atomic E-state index is -4.65. The number of hydrogen-bond donors (Lipinski definition) is 2. The maximum atomic E-state index is 13.3. The summed E-state index contributed by atoms with van der Waals surface area (Å²) in [6, 6.07) is 14.3. The molecule has 0 aliphatic rings. The topological polar surface area (TPSA) is 102 Å². The monoisotopic (exact) mass is 521 g/mol. The molecule has 1 aromatic heterocycles. The lowest BCUT2D eigenvalue weighted by atomic mass is 9.98. The van der Waals surface area contributed by atoms with Crippen molar-refractivity contribution in [2.75, 3.05) is 6.79 Å². The Kier molecular flexibility index (Phi) is 8.34. The summed E-state index contributed by atoms with van der Waals surface area (Å²) < 4.78 is 24.1. The second-order valence-electron chi connectivity index (χ2n) is 8.48. The van der Waals surface area contributed by atoms with Crippen LogP contribution in [0, 0.1) is 5.41 Å². The first-order valence-electron chi connectivity index (χ1n) is 10.3. The van der Waals surface area contributed by atoms with E-state index in [0.29, 0.717) is 16.0 Å². The van der Waals surface area contributed by atoms with Crippen LogP contribution >= 0.6 is 30.5 Å². The molecule has 0 saturated heterocycles. The molecule has 0 aliphatic heterocycles. The molecule has 0 spiro atoms. The number of benzene rings is 2. The van der Waals surface area contributed by atoms with Gasteiger partial charge in [0.25, 0.3) is 0 Å². The lowest BCUT2D eigenvalue weighted by Crippen LogP contribution is -2.27. The van der Waals surface area contributed by atoms with Gasteiger partial charge in [-0.3, -0.25) is 18.7 Å². The molecule has 1 amide bonds. The molecule has 0 aliphatic carbocycles. The molecule has 2 unspecified atom stereocenters. The van der Waals surface area contributed by atoms with E-state index in [0.717, 1.165) is 10.3 Å². The van der Waals surface area contributed by atoms with Crippen molar-refractivity contribution in [1.29, 1.82) is 0 Å². The molecule has 3 aromatic rings. The van der Waals surface area contributed by atoms with Crippen LogP contribution in [0.3, 0.4) is 0 Å². The molecule has 1 heterocycles. The van der Waals surface area contributed by atoms with Crippen LogP contribution in [-0.2, 0) is 23.4 Å². The van der Waals surface area contributed by atoms with E-state index in [1.807, 2.05) is 30.3 Å². The third-order valence-electron chi connectivity index (χ3n) is 4.78. The standard InChI is InChI=1S/C24H25ClNO6PS/c1-24(2,3)23(28)31-15-32-33(29,30)21(19-14-34-20-10-9-17(25)13-18(19)20)22(27)26-12-11-16-7-5-4-6-8-16/h4-14,21H,15H2,1-3H3,(H,26,27)(H,29,30)/b12-11+. The van der Waals surface area contributed by atoms with Crippen molar-refractivity contribution in [3.8, 4) is 0 Å². The molecule has 3 rings (SSSR count). The number of fused-ring (bicyclic) bond motifs is 1. The van der Waals surface area contributed by atoms with Crippen LogP contribution in [0.2, 0.25) is 5.02 Å². The zero-order chi connectivity index (χ0) is 24.9. The second kappa shape index (κ2) is 10.8. The molecule has 2 aromatic carbocycles. The molecule has 2 N–H and O–H groups in total. The Morgan fingerprint density at radius 1 is 1.21 bits per heavy atom. The van der Waals surface area contributed by atoms with Gasteiger partial charge in [0.1, 0.15) is 0 Å². The van der Waals surface area contributed by atoms with Crippen LogP contribution in [0.25, 0.3) is 16.2 Å². The normalized spacial score (nSPS) is 14.6. The maximum absolute atomic E-state index is 13.3. The Bertz CT molecular complexity index is 1250. The van der Waals surface area contributed by atoms with Gasteiger partial charge >= 0.3 is 13.6 Å². The second-order valence-corrected chi connectivity index (χ2v) is 11.7. The summed E-state index contributed by atoms with van der Waals surface area (Å²) in [6.45, 7) is 4.16. The minimum absolute atomic E-state index is 0.293. The van der Waals surface area contributed by atoms with Crippen LogP contribution < -0.4 is 5.32 Å². The number of esters is 1. The lowest BCUT2D eigenvalue weighted by molar-refractivity contribution is -0.159. The summed E-state index contributed by atoms with van der Waals surface area (Å²) in [5.74, 6) is -1.35. The van der Waals surface area contributed by atoms with Gasteiger partial charge in [-0.25, -0.2) is 0 Å². The number of carbonyl (C=O) groups excluding carboxylic acids is 2. The first kappa shape index (κ1) is 26.1. The summed E-state index contributed by atoms with van der Waals surface area (Å²) >= 11 is 7.44. The molecular formula is C24H25ClNO6PS. The fraction of sp³-hybridized carbons (Fsp3) is 0.250. The van der Waals surface area contributed by atoms with Gasteiger partial charge in [0.2, 0.25) is 12.7 Å². The van der Waals surface area contributed by atoms with Crippen LogP contribution in [0.4, 0.5) is 0 Å². The Labute approximate surface area is 206 Å². The minimum Gasteiger partial charge on any atom is -0.438 e. The molecule has 2 atom stereocenters. The number of carbonyl (C=O) groups is 2. The Morgan fingerprint density at radius 2 is 1.91 bits per heavy atom. The number of amides is 1. The number of rotatable bonds is 8. The average Bonchev–Trinajstić information content (AvgIpc) is 3.16. The summed E-state index contributed by atoms with van der Waals surface area (Å²) in [5.41, 5.74) is -1.26. The highest BCUT2D eigenvalue weighted by Gasteiger charge is 2.42. The smallest absolute Gasteiger partial charge is 0.347 e. The van der Waals surface area contributed by atoms with Gasteiger partial charge in [0.15, 0.2) is 5.66 Å². The van der Waals surface area contributed by atoms with E-state index < -0.39 is 37.3 Å². The largest absolute Gasteiger partial charge is 0.438 e. The molecule has 0 bridgehead atoms. The molecule has 180 valence electrons. The molecule has 10 heteroatoms. The Hall–Kier alpha value is -2.48. The highest BCUT2D eigenvalue weighted by Crippen LogP contribution is 2.58. The van der Waals surface area contributed by atoms with E-state index in [2.05, 4.69) is 5.32 Å². The van der Waals surface area contributed by atoms with E-state index >= 15 is 0 Å². The van der Waals surface area contributed by atoms with E-state index in [1.165, 1.54) is 17.5 Å². The molecule has 0 saturated carbocycles. The van der Waals surface area contributed by atoms with Gasteiger partial charge in [0, 0.05) is 15.9 Å². The molecule has 0 fully saturated rings. The first-order chi connectivity index (χ1) is 16.0. The quantitative estimate of drug-likeness (QED) is 0.210. The van der Waals surface area contributed by atoms with Crippen molar-refractivity contribution < 1.29 is 28.3 Å². The van der Waals surface area contributed by atoms with Gasteiger partial charge in [-0.05, 0) is 66.9 Å². The van der Waals surface area contributed by atoms with Gasteiger partial charge in [-0.15, -0.1) is 11.3 Å². The van der Waals surface area contributed by atoms with Crippen LogP contribution in [0.5, 0.6) is 0 Å². The van der Waals surface area contributed by atoms with Crippen LogP contribution in [0.15, 0.2) is 60.1 Å². The highest BCUT2D eigenvalue weighted by atomic mass is 35.5. The highest BCUT2D eigenvalue weighted by molar-refractivity contribution is 7.54. The number of nitrogens with one attached hydrogen (secondary N) is 1. The lowest BCUT2D eigenvalue weighted by Gasteiger charge is -2.22. The Morgan fingerprint density at radius 3 is 2.59 bits per heavy atom. The maximum Gasteiger partial charge on any atom is 0.347 e. The zero-order valence-corrected chi connectivity index (χ0v) is 21.3. The fourth-order valence-corrected chi connectivity index (χ4v) is 5.54. The van der Waals surface area contributed by atoms with Crippen molar-refractivity contribution in [3.05, 3.63) is 76.3 Å². The fourth-order valence-electron chi connectivity index (χ4n) is 3.01. The number of hydrogen-bond acceptors (Lipinski definition) is 6. The summed E-state index contributed by atoms with van der Waals surface area (Å²) in [5, 5.41) is 5.17. The van der Waals surface area contributed by atoms with Crippen molar-refractivity contribution in [3.63, 3.8) is 0 Å². The van der Waals surface area contributed by atoms with Gasteiger partial charge < -0.3 is 14.9 Å². The van der Waals surface area contributed by atoms with Gasteiger partial charge in [-0.2, -0.15) is 0 Å². The predicted octanol–water partition coefficient (Wildman–Crippen LogP) is 6.13. The van der Waals surface area contributed by atoms with Crippen molar-refractivity contribution in [1.82, 2.24) is 5.32 Å². The van der Waals surface area contributed by atoms with E-state index in [4.69, 9.17) is 20.9 Å². The van der Waals surface area contributed by atoms with Gasteiger partial charge in [-0.1, -0.05) is 41.9 Å². The van der Waals surface area contributed by atoms with Crippen LogP contribution in [0.1, 0.15) is 37.6 Å². The Balaban J connectivity index is 1.88. The molecule has 7 nitrogen and oxygen atoms in total. The van der Waals surface area contributed by atoms with Crippen molar-refractivity contribution >= 4 is 58.6 Å². The first-order valence-corrected chi connectivity index (χ1v) is 13.2. The van der Waals surface area contributed by atoms with Gasteiger partial charge in [0.05, 0.1) is 5.41 Å². The van der Waals surface area contributed by atoms with Crippen molar-refractivity contribution in [2.45, 2.75) is 26.4 Å². The van der Waals surface area contributed by atoms with Crippen molar-refractivity contribution in [2.24, 2.45) is 5.41 Å². The molecule has 34 heavy (non-hydrogen) atoms. The number of thiophene rings is 1. The molecular weight excluding hydrogens is 497 g/mol. The zero-order valence-electron chi connectivity index (χ0n) is 18.9. The number of halogens is 1. The summed E-state index contributed by atoms with van der Waals surface area (Å²) in [4.78, 5) is 36.0. The molecule has 0 radical (unpaired) electrons. The van der Waals surface area contributed by atoms with E-state index in [-0.39, 0.29) is 0 Å². The third-order valence-corrected chi connectivity index (χ3v) is 7.63. The SMILES string of the molecule is CC(C)(C)C(=O)OCOP(=O)(O)C(C(=O)N/C=C/c1ccccc1)c1csc2ccc(Cl)cc12. The number of ether oxygens (including phenoxy) is 1. The average molecular weight is 522 g/mol. The predicted molar refractivity (Wildman–Crippen MR) is 135 cm³/mol.